The monoisotopic (exact) mass is 387 g/mol. The van der Waals surface area contributed by atoms with Gasteiger partial charge in [0.2, 0.25) is 0 Å². The normalized spacial score (nSPS) is 18.0. The molecule has 0 amide bonds. The molecule has 0 saturated carbocycles. The Hall–Kier alpha value is -1.96. The van der Waals surface area contributed by atoms with E-state index in [-0.39, 0.29) is 5.92 Å². The lowest BCUT2D eigenvalue weighted by Gasteiger charge is -2.33. The summed E-state index contributed by atoms with van der Waals surface area (Å²) in [5, 5.41) is 4.28. The van der Waals surface area contributed by atoms with Crippen molar-refractivity contribution in [3.05, 3.63) is 70.4 Å². The van der Waals surface area contributed by atoms with Crippen molar-refractivity contribution in [2.45, 2.75) is 30.0 Å². The van der Waals surface area contributed by atoms with Crippen LogP contribution >= 0.6 is 11.3 Å². The van der Waals surface area contributed by atoms with E-state index < -0.39 is 10.0 Å². The third-order valence-electron chi connectivity index (χ3n) is 4.87. The standard InChI is InChI=1S/C19H21N3O2S2/c1-3-16-8-9-19(25-16)26(23,24)22-12-14-6-4-5-7-17(14)18(13-22)15-10-20-21(2)11-15/h4-11,18H,3,12-13H2,1-2H3/t18-/m1/s1. The number of nitrogens with zero attached hydrogens (tertiary/aromatic N) is 3. The number of thiophene rings is 1. The number of rotatable bonds is 4. The van der Waals surface area contributed by atoms with Gasteiger partial charge < -0.3 is 0 Å². The summed E-state index contributed by atoms with van der Waals surface area (Å²) in [4.78, 5) is 1.09. The van der Waals surface area contributed by atoms with Gasteiger partial charge in [-0.1, -0.05) is 31.2 Å². The summed E-state index contributed by atoms with van der Waals surface area (Å²) in [6.45, 7) is 2.89. The van der Waals surface area contributed by atoms with Crippen LogP contribution in [-0.4, -0.2) is 29.0 Å². The smallest absolute Gasteiger partial charge is 0.252 e. The van der Waals surface area contributed by atoms with Gasteiger partial charge >= 0.3 is 0 Å². The van der Waals surface area contributed by atoms with Crippen LogP contribution in [0.5, 0.6) is 0 Å². The minimum atomic E-state index is -3.50. The number of hydrogen-bond donors (Lipinski definition) is 0. The SMILES string of the molecule is CCc1ccc(S(=O)(=O)N2Cc3ccccc3[C@@H](c3cnn(C)c3)C2)s1. The lowest BCUT2D eigenvalue weighted by Crippen LogP contribution is -2.38. The number of aromatic nitrogens is 2. The largest absolute Gasteiger partial charge is 0.276 e. The van der Waals surface area contributed by atoms with Gasteiger partial charge in [0.1, 0.15) is 4.21 Å². The molecule has 1 aliphatic heterocycles. The van der Waals surface area contributed by atoms with Crippen LogP contribution in [0.4, 0.5) is 0 Å². The molecule has 0 N–H and O–H groups in total. The summed E-state index contributed by atoms with van der Waals surface area (Å²) in [6.07, 6.45) is 4.65. The second kappa shape index (κ2) is 6.64. The van der Waals surface area contributed by atoms with Crippen molar-refractivity contribution >= 4 is 21.4 Å². The fraction of sp³-hybridized carbons (Fsp3) is 0.316. The van der Waals surface area contributed by atoms with E-state index >= 15 is 0 Å². The molecule has 5 nitrogen and oxygen atoms in total. The fourth-order valence-corrected chi connectivity index (χ4v) is 6.36. The molecule has 0 aliphatic carbocycles. The molecule has 136 valence electrons. The van der Waals surface area contributed by atoms with Crippen LogP contribution in [0.25, 0.3) is 0 Å². The van der Waals surface area contributed by atoms with E-state index in [0.717, 1.165) is 22.4 Å². The van der Waals surface area contributed by atoms with Crippen LogP contribution in [0.15, 0.2) is 53.0 Å². The van der Waals surface area contributed by atoms with E-state index in [9.17, 15) is 8.42 Å². The lowest BCUT2D eigenvalue weighted by atomic mass is 9.87. The first kappa shape index (κ1) is 17.5. The predicted molar refractivity (Wildman–Crippen MR) is 103 cm³/mol. The highest BCUT2D eigenvalue weighted by Gasteiger charge is 2.35. The summed E-state index contributed by atoms with van der Waals surface area (Å²) in [7, 11) is -1.62. The first-order valence-electron chi connectivity index (χ1n) is 8.64. The predicted octanol–water partition coefficient (Wildman–Crippen LogP) is 3.38. The van der Waals surface area contributed by atoms with Crippen molar-refractivity contribution in [1.29, 1.82) is 0 Å². The third-order valence-corrected chi connectivity index (χ3v) is 8.38. The summed E-state index contributed by atoms with van der Waals surface area (Å²) >= 11 is 1.37. The van der Waals surface area contributed by atoms with Crippen LogP contribution in [0.2, 0.25) is 0 Å². The van der Waals surface area contributed by atoms with Crippen molar-refractivity contribution in [1.82, 2.24) is 14.1 Å². The van der Waals surface area contributed by atoms with Gasteiger partial charge in [0.15, 0.2) is 0 Å². The molecule has 0 saturated heterocycles. The molecule has 0 bridgehead atoms. The van der Waals surface area contributed by atoms with E-state index in [1.165, 1.54) is 16.9 Å². The Balaban J connectivity index is 1.75. The zero-order valence-electron chi connectivity index (χ0n) is 14.8. The number of hydrogen-bond acceptors (Lipinski definition) is 4. The highest BCUT2D eigenvalue weighted by molar-refractivity contribution is 7.91. The Labute approximate surface area is 157 Å². The Morgan fingerprint density at radius 2 is 2.04 bits per heavy atom. The Bertz CT molecular complexity index is 1040. The Morgan fingerprint density at radius 3 is 2.73 bits per heavy atom. The summed E-state index contributed by atoms with van der Waals surface area (Å²) in [5.41, 5.74) is 3.29. The minimum Gasteiger partial charge on any atom is -0.276 e. The van der Waals surface area contributed by atoms with Gasteiger partial charge in [-0.05, 0) is 35.2 Å². The van der Waals surface area contributed by atoms with Crippen molar-refractivity contribution in [3.8, 4) is 0 Å². The quantitative estimate of drug-likeness (QED) is 0.690. The molecule has 0 fully saturated rings. The second-order valence-electron chi connectivity index (χ2n) is 6.57. The van der Waals surface area contributed by atoms with Crippen LogP contribution < -0.4 is 0 Å². The molecule has 1 aromatic carbocycles. The van der Waals surface area contributed by atoms with Crippen LogP contribution in [-0.2, 0) is 30.0 Å². The molecular weight excluding hydrogens is 366 g/mol. The van der Waals surface area contributed by atoms with Crippen molar-refractivity contribution in [3.63, 3.8) is 0 Å². The van der Waals surface area contributed by atoms with Gasteiger partial charge in [-0.2, -0.15) is 9.40 Å². The molecule has 0 unspecified atom stereocenters. The first-order chi connectivity index (χ1) is 12.5. The number of benzene rings is 1. The van der Waals surface area contributed by atoms with Crippen LogP contribution in [0.1, 0.15) is 34.4 Å². The number of aryl methyl sites for hydroxylation is 2. The lowest BCUT2D eigenvalue weighted by molar-refractivity contribution is 0.372. The van der Waals surface area contributed by atoms with Crippen molar-refractivity contribution in [2.75, 3.05) is 6.54 Å². The average molecular weight is 388 g/mol. The van der Waals surface area contributed by atoms with Gasteiger partial charge in [-0.3, -0.25) is 4.68 Å². The third kappa shape index (κ3) is 3.00. The van der Waals surface area contributed by atoms with Gasteiger partial charge in [-0.25, -0.2) is 8.42 Å². The molecular formula is C19H21N3O2S2. The maximum atomic E-state index is 13.2. The zero-order chi connectivity index (χ0) is 18.3. The van der Waals surface area contributed by atoms with Crippen molar-refractivity contribution in [2.24, 2.45) is 7.05 Å². The van der Waals surface area contributed by atoms with Crippen molar-refractivity contribution < 1.29 is 8.42 Å². The molecule has 1 aliphatic rings. The van der Waals surface area contributed by atoms with Crippen LogP contribution in [0, 0.1) is 0 Å². The average Bonchev–Trinajstić information content (AvgIpc) is 3.30. The molecule has 0 radical (unpaired) electrons. The van der Waals surface area contributed by atoms with E-state index in [2.05, 4.69) is 11.2 Å². The van der Waals surface area contributed by atoms with Gasteiger partial charge in [-0.15, -0.1) is 11.3 Å². The highest BCUT2D eigenvalue weighted by Crippen LogP contribution is 2.36. The van der Waals surface area contributed by atoms with E-state index in [1.807, 2.05) is 50.6 Å². The Morgan fingerprint density at radius 1 is 1.23 bits per heavy atom. The molecule has 0 spiro atoms. The second-order valence-corrected chi connectivity index (χ2v) is 9.90. The Kier molecular flexibility index (Phi) is 4.46. The summed E-state index contributed by atoms with van der Waals surface area (Å²) < 4.78 is 30.2. The van der Waals surface area contributed by atoms with E-state index in [4.69, 9.17) is 0 Å². The molecule has 3 aromatic rings. The zero-order valence-corrected chi connectivity index (χ0v) is 16.4. The van der Waals surface area contributed by atoms with E-state index in [1.54, 1.807) is 15.1 Å². The summed E-state index contributed by atoms with van der Waals surface area (Å²) in [5.74, 6) is -0.00553. The molecule has 7 heteroatoms. The fourth-order valence-electron chi connectivity index (χ4n) is 3.48. The van der Waals surface area contributed by atoms with Gasteiger partial charge in [0, 0.05) is 37.1 Å². The minimum absolute atomic E-state index is 0.00553. The van der Waals surface area contributed by atoms with Gasteiger partial charge in [0.05, 0.1) is 6.20 Å². The summed E-state index contributed by atoms with van der Waals surface area (Å²) in [6, 6.07) is 11.7. The maximum Gasteiger partial charge on any atom is 0.252 e. The molecule has 1 atom stereocenters. The molecule has 26 heavy (non-hydrogen) atoms. The number of sulfonamides is 1. The molecule has 3 heterocycles. The van der Waals surface area contributed by atoms with E-state index in [0.29, 0.717) is 17.3 Å². The maximum absolute atomic E-state index is 13.2. The molecule has 2 aromatic heterocycles. The highest BCUT2D eigenvalue weighted by atomic mass is 32.2. The van der Waals surface area contributed by atoms with Crippen LogP contribution in [0.3, 0.4) is 0 Å². The number of fused-ring (bicyclic) bond motifs is 1. The topological polar surface area (TPSA) is 55.2 Å². The van der Waals surface area contributed by atoms with Gasteiger partial charge in [0.25, 0.3) is 10.0 Å². The first-order valence-corrected chi connectivity index (χ1v) is 10.9. The molecule has 4 rings (SSSR count).